The molecule has 2 nitrogen and oxygen atoms in total. The van der Waals surface area contributed by atoms with E-state index in [1.54, 1.807) is 12.1 Å². The summed E-state index contributed by atoms with van der Waals surface area (Å²) in [5, 5.41) is 0. The average Bonchev–Trinajstić information content (AvgIpc) is 2.35. The van der Waals surface area contributed by atoms with E-state index in [0.717, 1.165) is 5.56 Å². The number of nitrogens with two attached hydrogens (primary N) is 1. The zero-order chi connectivity index (χ0) is 13.3. The van der Waals surface area contributed by atoms with Gasteiger partial charge in [0.1, 0.15) is 17.3 Å². The topological polar surface area (TPSA) is 35.2 Å². The molecule has 0 unspecified atom stereocenters. The molecule has 18 heavy (non-hydrogen) atoms. The Morgan fingerprint density at radius 2 is 1.78 bits per heavy atom. The van der Waals surface area contributed by atoms with Crippen LogP contribution in [-0.4, -0.2) is 7.11 Å². The second kappa shape index (κ2) is 4.64. The summed E-state index contributed by atoms with van der Waals surface area (Å²) in [6.45, 7) is 1.84. The first-order valence-electron chi connectivity index (χ1n) is 5.42. The number of hydrogen-bond donors (Lipinski definition) is 1. The summed E-state index contributed by atoms with van der Waals surface area (Å²) in [6.07, 6.45) is 0. The maximum Gasteiger partial charge on any atom is 0.150 e. The van der Waals surface area contributed by atoms with Crippen molar-refractivity contribution in [3.05, 3.63) is 47.5 Å². The van der Waals surface area contributed by atoms with Crippen LogP contribution >= 0.6 is 0 Å². The third kappa shape index (κ3) is 2.14. The van der Waals surface area contributed by atoms with Crippen LogP contribution < -0.4 is 10.5 Å². The Morgan fingerprint density at radius 1 is 1.06 bits per heavy atom. The minimum atomic E-state index is -0.620. The van der Waals surface area contributed by atoms with Crippen LogP contribution in [0.15, 0.2) is 30.3 Å². The normalized spacial score (nSPS) is 10.4. The van der Waals surface area contributed by atoms with Crippen LogP contribution in [0.3, 0.4) is 0 Å². The van der Waals surface area contributed by atoms with E-state index < -0.39 is 11.6 Å². The highest BCUT2D eigenvalue weighted by Gasteiger charge is 2.12. The molecule has 0 heterocycles. The summed E-state index contributed by atoms with van der Waals surface area (Å²) < 4.78 is 32.3. The number of ether oxygens (including phenoxy) is 1. The van der Waals surface area contributed by atoms with Crippen LogP contribution in [0.5, 0.6) is 5.75 Å². The van der Waals surface area contributed by atoms with Crippen LogP contribution in [-0.2, 0) is 0 Å². The minimum absolute atomic E-state index is 0.0747. The summed E-state index contributed by atoms with van der Waals surface area (Å²) in [5.41, 5.74) is 7.06. The van der Waals surface area contributed by atoms with E-state index in [1.807, 2.05) is 6.92 Å². The number of benzene rings is 2. The molecular formula is C14H13F2NO. The summed E-state index contributed by atoms with van der Waals surface area (Å²) in [6, 6.07) is 7.39. The van der Waals surface area contributed by atoms with Gasteiger partial charge >= 0.3 is 0 Å². The van der Waals surface area contributed by atoms with Crippen molar-refractivity contribution < 1.29 is 13.5 Å². The van der Waals surface area contributed by atoms with Gasteiger partial charge in [-0.25, -0.2) is 8.78 Å². The van der Waals surface area contributed by atoms with E-state index in [0.29, 0.717) is 11.1 Å². The Hall–Kier alpha value is -2.10. The van der Waals surface area contributed by atoms with Crippen molar-refractivity contribution in [2.75, 3.05) is 12.8 Å². The maximum atomic E-state index is 13.7. The first kappa shape index (κ1) is 12.4. The smallest absolute Gasteiger partial charge is 0.150 e. The van der Waals surface area contributed by atoms with Crippen molar-refractivity contribution >= 4 is 5.69 Å². The average molecular weight is 249 g/mol. The largest absolute Gasteiger partial charge is 0.494 e. The van der Waals surface area contributed by atoms with Crippen molar-refractivity contribution in [1.29, 1.82) is 0 Å². The fraction of sp³-hybridized carbons (Fsp3) is 0.143. The van der Waals surface area contributed by atoms with Crippen molar-refractivity contribution in [1.82, 2.24) is 0 Å². The molecule has 2 aromatic rings. The molecule has 4 heteroatoms. The Morgan fingerprint density at radius 3 is 2.44 bits per heavy atom. The van der Waals surface area contributed by atoms with Crippen LogP contribution in [0, 0.1) is 18.6 Å². The molecule has 2 aromatic carbocycles. The first-order chi connectivity index (χ1) is 8.52. The number of anilines is 1. The highest BCUT2D eigenvalue weighted by Crippen LogP contribution is 2.33. The third-order valence-electron chi connectivity index (χ3n) is 2.74. The molecule has 0 aliphatic heterocycles. The van der Waals surface area contributed by atoms with E-state index in [4.69, 9.17) is 10.5 Å². The summed E-state index contributed by atoms with van der Waals surface area (Å²) in [4.78, 5) is 0. The molecule has 0 aliphatic rings. The van der Waals surface area contributed by atoms with Crippen LogP contribution in [0.25, 0.3) is 11.1 Å². The van der Waals surface area contributed by atoms with Gasteiger partial charge in [-0.15, -0.1) is 0 Å². The maximum absolute atomic E-state index is 13.7. The Balaban J connectivity index is 2.64. The standard InChI is InChI=1S/C14H13F2NO/c1-8-3-4-11(15)10(5-8)9-6-12(16)14(17)13(7-9)18-2/h3-7H,17H2,1-2H3. The molecule has 0 saturated heterocycles. The molecule has 0 bridgehead atoms. The molecule has 2 rings (SSSR count). The van der Waals surface area contributed by atoms with Gasteiger partial charge < -0.3 is 10.5 Å². The predicted molar refractivity (Wildman–Crippen MR) is 67.5 cm³/mol. The van der Waals surface area contributed by atoms with E-state index >= 15 is 0 Å². The van der Waals surface area contributed by atoms with Crippen LogP contribution in [0.4, 0.5) is 14.5 Å². The molecule has 2 N–H and O–H groups in total. The second-order valence-corrected chi connectivity index (χ2v) is 4.06. The monoisotopic (exact) mass is 249 g/mol. The van der Waals surface area contributed by atoms with E-state index in [2.05, 4.69) is 0 Å². The van der Waals surface area contributed by atoms with Crippen molar-refractivity contribution in [3.8, 4) is 16.9 Å². The molecule has 0 radical (unpaired) electrons. The highest BCUT2D eigenvalue weighted by molar-refractivity contribution is 5.71. The van der Waals surface area contributed by atoms with Gasteiger partial charge in [0.15, 0.2) is 5.82 Å². The van der Waals surface area contributed by atoms with Gasteiger partial charge in [0.2, 0.25) is 0 Å². The summed E-state index contributed by atoms with van der Waals surface area (Å²) in [7, 11) is 1.39. The van der Waals surface area contributed by atoms with E-state index in [9.17, 15) is 8.78 Å². The quantitative estimate of drug-likeness (QED) is 0.826. The number of rotatable bonds is 2. The van der Waals surface area contributed by atoms with Gasteiger partial charge in [0.25, 0.3) is 0 Å². The van der Waals surface area contributed by atoms with Crippen molar-refractivity contribution in [2.24, 2.45) is 0 Å². The molecule has 0 saturated carbocycles. The molecule has 0 fully saturated rings. The lowest BCUT2D eigenvalue weighted by molar-refractivity contribution is 0.414. The SMILES string of the molecule is COc1cc(-c2cc(C)ccc2F)cc(F)c1N. The minimum Gasteiger partial charge on any atom is -0.494 e. The second-order valence-electron chi connectivity index (χ2n) is 4.06. The van der Waals surface area contributed by atoms with Gasteiger partial charge in [-0.3, -0.25) is 0 Å². The van der Waals surface area contributed by atoms with Gasteiger partial charge in [-0.05, 0) is 36.8 Å². The molecule has 0 amide bonds. The fourth-order valence-electron chi connectivity index (χ4n) is 1.78. The molecule has 0 atom stereocenters. The molecule has 0 aliphatic carbocycles. The van der Waals surface area contributed by atoms with Gasteiger partial charge in [-0.2, -0.15) is 0 Å². The number of halogens is 2. The van der Waals surface area contributed by atoms with E-state index in [1.165, 1.54) is 25.3 Å². The summed E-state index contributed by atoms with van der Waals surface area (Å²) >= 11 is 0. The highest BCUT2D eigenvalue weighted by atomic mass is 19.1. The number of methoxy groups -OCH3 is 1. The number of aryl methyl sites for hydroxylation is 1. The predicted octanol–water partition coefficient (Wildman–Crippen LogP) is 3.53. The Bertz CT molecular complexity index is 597. The van der Waals surface area contributed by atoms with E-state index in [-0.39, 0.29) is 11.4 Å². The first-order valence-corrected chi connectivity index (χ1v) is 5.42. The zero-order valence-electron chi connectivity index (χ0n) is 10.1. The molecule has 0 spiro atoms. The van der Waals surface area contributed by atoms with Crippen LogP contribution in [0.1, 0.15) is 5.56 Å². The van der Waals surface area contributed by atoms with Gasteiger partial charge in [-0.1, -0.05) is 11.6 Å². The van der Waals surface area contributed by atoms with Crippen molar-refractivity contribution in [2.45, 2.75) is 6.92 Å². The van der Waals surface area contributed by atoms with Crippen LogP contribution in [0.2, 0.25) is 0 Å². The van der Waals surface area contributed by atoms with Gasteiger partial charge in [0, 0.05) is 5.56 Å². The van der Waals surface area contributed by atoms with Crippen molar-refractivity contribution in [3.63, 3.8) is 0 Å². The zero-order valence-corrected chi connectivity index (χ0v) is 10.1. The van der Waals surface area contributed by atoms with Gasteiger partial charge in [0.05, 0.1) is 7.11 Å². The Labute approximate surface area is 104 Å². The lowest BCUT2D eigenvalue weighted by Gasteiger charge is -2.10. The lowest BCUT2D eigenvalue weighted by atomic mass is 10.0. The molecule has 0 aromatic heterocycles. The summed E-state index contributed by atoms with van der Waals surface area (Å²) in [5.74, 6) is -0.831. The number of nitrogen functional groups attached to an aromatic ring is 1. The fourth-order valence-corrected chi connectivity index (χ4v) is 1.78. The Kier molecular flexibility index (Phi) is 3.19. The third-order valence-corrected chi connectivity index (χ3v) is 2.74. The number of hydrogen-bond acceptors (Lipinski definition) is 2. The molecular weight excluding hydrogens is 236 g/mol. The lowest BCUT2D eigenvalue weighted by Crippen LogP contribution is -1.97. The molecule has 94 valence electrons.